The van der Waals surface area contributed by atoms with E-state index in [4.69, 9.17) is 5.73 Å². The van der Waals surface area contributed by atoms with Gasteiger partial charge >= 0.3 is 0 Å². The number of nitrogens with two attached hydrogens (primary N) is 1. The van der Waals surface area contributed by atoms with Crippen LogP contribution in [0.2, 0.25) is 0 Å². The topological polar surface area (TPSA) is 63.4 Å². The van der Waals surface area contributed by atoms with E-state index in [9.17, 15) is 8.42 Å². The van der Waals surface area contributed by atoms with Crippen molar-refractivity contribution in [2.75, 3.05) is 19.3 Å². The third-order valence-electron chi connectivity index (χ3n) is 3.31. The molecule has 0 spiro atoms. The molecule has 1 fully saturated rings. The molecular formula is C10H22N2O2S. The van der Waals surface area contributed by atoms with Crippen LogP contribution in [-0.4, -0.2) is 38.1 Å². The molecule has 0 bridgehead atoms. The van der Waals surface area contributed by atoms with Crippen molar-refractivity contribution in [1.82, 2.24) is 4.31 Å². The third-order valence-corrected chi connectivity index (χ3v) is 5.24. The highest BCUT2D eigenvalue weighted by molar-refractivity contribution is 7.89. The summed E-state index contributed by atoms with van der Waals surface area (Å²) in [5, 5.41) is 0. The summed E-state index contributed by atoms with van der Waals surface area (Å²) in [6, 6.07) is 0.192. The summed E-state index contributed by atoms with van der Waals surface area (Å²) in [5.74, 6) is 0.807. The Morgan fingerprint density at radius 1 is 1.27 bits per heavy atom. The number of sulfonamides is 1. The minimum atomic E-state index is -3.12. The van der Waals surface area contributed by atoms with Crippen molar-refractivity contribution in [3.63, 3.8) is 0 Å². The van der Waals surface area contributed by atoms with Gasteiger partial charge in [0.25, 0.3) is 0 Å². The smallest absolute Gasteiger partial charge is 0.215 e. The van der Waals surface area contributed by atoms with Crippen molar-refractivity contribution in [3.8, 4) is 0 Å². The zero-order valence-electron chi connectivity index (χ0n) is 9.65. The fourth-order valence-corrected chi connectivity index (χ4v) is 3.38. The normalized spacial score (nSPS) is 28.3. The maximum atomic E-state index is 11.8. The highest BCUT2D eigenvalue weighted by atomic mass is 32.2. The van der Waals surface area contributed by atoms with Crippen molar-refractivity contribution in [2.24, 2.45) is 11.7 Å². The molecule has 5 heteroatoms. The van der Waals surface area contributed by atoms with Crippen LogP contribution < -0.4 is 5.73 Å². The first-order valence-corrected chi connectivity index (χ1v) is 7.24. The summed E-state index contributed by atoms with van der Waals surface area (Å²) in [6.07, 6.45) is 4.24. The highest BCUT2D eigenvalue weighted by Gasteiger charge is 2.28. The third kappa shape index (κ3) is 3.43. The lowest BCUT2D eigenvalue weighted by atomic mass is 9.87. The molecule has 0 radical (unpaired) electrons. The summed E-state index contributed by atoms with van der Waals surface area (Å²) in [5.41, 5.74) is 5.30. The Balaban J connectivity index is 2.57. The molecule has 0 aromatic rings. The van der Waals surface area contributed by atoms with E-state index in [1.165, 1.54) is 4.31 Å². The predicted octanol–water partition coefficient (Wildman–Crippen LogP) is 0.785. The van der Waals surface area contributed by atoms with Gasteiger partial charge in [0.2, 0.25) is 10.0 Å². The molecule has 4 nitrogen and oxygen atoms in total. The van der Waals surface area contributed by atoms with Crippen LogP contribution in [0.5, 0.6) is 0 Å². The molecule has 0 aromatic heterocycles. The van der Waals surface area contributed by atoms with Crippen LogP contribution in [0.25, 0.3) is 0 Å². The Morgan fingerprint density at radius 2 is 1.80 bits per heavy atom. The van der Waals surface area contributed by atoms with Gasteiger partial charge in [0, 0.05) is 19.6 Å². The van der Waals surface area contributed by atoms with Gasteiger partial charge in [-0.25, -0.2) is 12.7 Å². The van der Waals surface area contributed by atoms with E-state index in [-0.39, 0.29) is 18.3 Å². The van der Waals surface area contributed by atoms with Crippen LogP contribution in [0.3, 0.4) is 0 Å². The Kier molecular flexibility index (Phi) is 4.55. The van der Waals surface area contributed by atoms with Gasteiger partial charge in [-0.3, -0.25) is 0 Å². The van der Waals surface area contributed by atoms with Gasteiger partial charge in [0.1, 0.15) is 0 Å². The predicted molar refractivity (Wildman–Crippen MR) is 62.0 cm³/mol. The second-order valence-corrected chi connectivity index (χ2v) is 6.68. The summed E-state index contributed by atoms with van der Waals surface area (Å²) in [7, 11) is -1.43. The van der Waals surface area contributed by atoms with Crippen LogP contribution in [0.4, 0.5) is 0 Å². The lowest BCUT2D eigenvalue weighted by Crippen LogP contribution is -2.41. The van der Waals surface area contributed by atoms with E-state index in [2.05, 4.69) is 6.92 Å². The number of hydrogen-bond acceptors (Lipinski definition) is 3. The van der Waals surface area contributed by atoms with Gasteiger partial charge in [-0.2, -0.15) is 0 Å². The number of hydrogen-bond donors (Lipinski definition) is 1. The van der Waals surface area contributed by atoms with Gasteiger partial charge in [-0.15, -0.1) is 0 Å². The number of nitrogens with zero attached hydrogens (tertiary/aromatic N) is 1. The first-order chi connectivity index (χ1) is 6.97. The number of rotatable bonds is 4. The minimum absolute atomic E-state index is 0.0650. The molecule has 1 aliphatic rings. The second kappa shape index (κ2) is 5.27. The fourth-order valence-electron chi connectivity index (χ4n) is 2.13. The monoisotopic (exact) mass is 234 g/mol. The molecule has 0 heterocycles. The zero-order chi connectivity index (χ0) is 11.5. The van der Waals surface area contributed by atoms with Gasteiger partial charge < -0.3 is 5.73 Å². The average molecular weight is 234 g/mol. The summed E-state index contributed by atoms with van der Waals surface area (Å²) < 4.78 is 25.0. The SMILES string of the molecule is CC1CCC(N(C)S(=O)(=O)CCN)CC1. The molecule has 1 rings (SSSR count). The molecule has 1 aliphatic carbocycles. The van der Waals surface area contributed by atoms with Crippen molar-refractivity contribution in [1.29, 1.82) is 0 Å². The molecular weight excluding hydrogens is 212 g/mol. The van der Waals surface area contributed by atoms with E-state index >= 15 is 0 Å². The zero-order valence-corrected chi connectivity index (χ0v) is 10.5. The Hall–Kier alpha value is -0.130. The van der Waals surface area contributed by atoms with Crippen molar-refractivity contribution in [3.05, 3.63) is 0 Å². The molecule has 0 amide bonds. The quantitative estimate of drug-likeness (QED) is 0.782. The van der Waals surface area contributed by atoms with Gasteiger partial charge in [-0.05, 0) is 31.6 Å². The van der Waals surface area contributed by atoms with E-state index in [1.54, 1.807) is 7.05 Å². The Bertz CT molecular complexity index is 282. The standard InChI is InChI=1S/C10H22N2O2S/c1-9-3-5-10(6-4-9)12(2)15(13,14)8-7-11/h9-10H,3-8,11H2,1-2H3. The molecule has 0 atom stereocenters. The van der Waals surface area contributed by atoms with Gasteiger partial charge in [0.05, 0.1) is 5.75 Å². The fraction of sp³-hybridized carbons (Fsp3) is 1.00. The maximum absolute atomic E-state index is 11.8. The van der Waals surface area contributed by atoms with Crippen LogP contribution in [-0.2, 0) is 10.0 Å². The molecule has 1 saturated carbocycles. The van der Waals surface area contributed by atoms with E-state index in [0.717, 1.165) is 31.6 Å². The van der Waals surface area contributed by atoms with Crippen molar-refractivity contribution >= 4 is 10.0 Å². The van der Waals surface area contributed by atoms with Crippen molar-refractivity contribution < 1.29 is 8.42 Å². The van der Waals surface area contributed by atoms with Gasteiger partial charge in [-0.1, -0.05) is 6.92 Å². The highest BCUT2D eigenvalue weighted by Crippen LogP contribution is 2.27. The van der Waals surface area contributed by atoms with Crippen molar-refractivity contribution in [2.45, 2.75) is 38.6 Å². The largest absolute Gasteiger partial charge is 0.329 e. The second-order valence-electron chi connectivity index (χ2n) is 4.53. The van der Waals surface area contributed by atoms with E-state index < -0.39 is 10.0 Å². The van der Waals surface area contributed by atoms with Crippen LogP contribution in [0.15, 0.2) is 0 Å². The van der Waals surface area contributed by atoms with Gasteiger partial charge in [0.15, 0.2) is 0 Å². The molecule has 2 N–H and O–H groups in total. The Labute approximate surface area is 92.9 Å². The molecule has 0 aliphatic heterocycles. The molecule has 0 aromatic carbocycles. The lowest BCUT2D eigenvalue weighted by Gasteiger charge is -2.32. The lowest BCUT2D eigenvalue weighted by molar-refractivity contribution is 0.246. The van der Waals surface area contributed by atoms with Crippen LogP contribution in [0, 0.1) is 5.92 Å². The minimum Gasteiger partial charge on any atom is -0.329 e. The maximum Gasteiger partial charge on any atom is 0.215 e. The summed E-state index contributed by atoms with van der Waals surface area (Å²) >= 11 is 0. The molecule has 0 saturated heterocycles. The summed E-state index contributed by atoms with van der Waals surface area (Å²) in [6.45, 7) is 2.43. The summed E-state index contributed by atoms with van der Waals surface area (Å²) in [4.78, 5) is 0. The molecule has 15 heavy (non-hydrogen) atoms. The molecule has 90 valence electrons. The Morgan fingerprint density at radius 3 is 2.27 bits per heavy atom. The molecule has 0 unspecified atom stereocenters. The van der Waals surface area contributed by atoms with E-state index in [0.29, 0.717) is 0 Å². The van der Waals surface area contributed by atoms with Crippen LogP contribution in [0.1, 0.15) is 32.6 Å². The first-order valence-electron chi connectivity index (χ1n) is 5.63. The average Bonchev–Trinajstić information content (AvgIpc) is 2.18. The van der Waals surface area contributed by atoms with E-state index in [1.807, 2.05) is 0 Å². The van der Waals surface area contributed by atoms with Crippen LogP contribution >= 0.6 is 0 Å². The first kappa shape index (κ1) is 12.9.